The number of nitrogens with one attached hydrogen (secondary N) is 2. The van der Waals surface area contributed by atoms with Gasteiger partial charge in [0.05, 0.1) is 23.5 Å². The van der Waals surface area contributed by atoms with E-state index in [0.717, 1.165) is 6.54 Å². The lowest BCUT2D eigenvalue weighted by Gasteiger charge is -2.38. The highest BCUT2D eigenvalue weighted by Crippen LogP contribution is 2.16. The predicted octanol–water partition coefficient (Wildman–Crippen LogP) is 1.69. The Hall–Kier alpha value is -2.48. The molecule has 0 saturated carbocycles. The first-order valence-electron chi connectivity index (χ1n) is 9.84. The monoisotopic (exact) mass is 389 g/mol. The van der Waals surface area contributed by atoms with Gasteiger partial charge in [-0.25, -0.2) is 9.37 Å². The van der Waals surface area contributed by atoms with E-state index in [1.54, 1.807) is 11.0 Å². The Morgan fingerprint density at radius 2 is 2.21 bits per heavy atom. The van der Waals surface area contributed by atoms with Crippen LogP contribution in [0.1, 0.15) is 33.0 Å². The SMILES string of the molecule is CCN(CCc1nc2ccc(F)cc2[nH]1)C(=O)CC1C(=O)NCCN1C(C)C. The zero-order valence-corrected chi connectivity index (χ0v) is 16.7. The molecule has 2 aromatic rings. The zero-order chi connectivity index (χ0) is 20.3. The number of carbonyl (C=O) groups is 2. The Kier molecular flexibility index (Phi) is 6.28. The minimum atomic E-state index is -0.426. The fraction of sp³-hybridized carbons (Fsp3) is 0.550. The number of piperazine rings is 1. The van der Waals surface area contributed by atoms with E-state index in [9.17, 15) is 14.0 Å². The molecule has 1 aliphatic heterocycles. The van der Waals surface area contributed by atoms with Crippen molar-refractivity contribution in [3.05, 3.63) is 29.8 Å². The van der Waals surface area contributed by atoms with Gasteiger partial charge in [0.1, 0.15) is 11.6 Å². The molecule has 0 radical (unpaired) electrons. The Morgan fingerprint density at radius 1 is 1.43 bits per heavy atom. The molecule has 1 aromatic carbocycles. The summed E-state index contributed by atoms with van der Waals surface area (Å²) < 4.78 is 13.3. The molecule has 2 N–H and O–H groups in total. The summed E-state index contributed by atoms with van der Waals surface area (Å²) in [5, 5.41) is 2.86. The number of benzene rings is 1. The van der Waals surface area contributed by atoms with Crippen LogP contribution in [-0.2, 0) is 16.0 Å². The molecule has 2 heterocycles. The summed E-state index contributed by atoms with van der Waals surface area (Å²) in [5.74, 6) is 0.278. The summed E-state index contributed by atoms with van der Waals surface area (Å²) in [6, 6.07) is 4.20. The lowest BCUT2D eigenvalue weighted by Crippen LogP contribution is -2.58. The van der Waals surface area contributed by atoms with Gasteiger partial charge in [-0.3, -0.25) is 14.5 Å². The third-order valence-electron chi connectivity index (χ3n) is 5.25. The summed E-state index contributed by atoms with van der Waals surface area (Å²) in [4.78, 5) is 36.5. The average molecular weight is 389 g/mol. The minimum Gasteiger partial charge on any atom is -0.353 e. The van der Waals surface area contributed by atoms with E-state index in [4.69, 9.17) is 0 Å². The van der Waals surface area contributed by atoms with Crippen molar-refractivity contribution >= 4 is 22.8 Å². The van der Waals surface area contributed by atoms with E-state index >= 15 is 0 Å². The molecule has 0 aliphatic carbocycles. The average Bonchev–Trinajstić information content (AvgIpc) is 3.05. The van der Waals surface area contributed by atoms with Crippen LogP contribution >= 0.6 is 0 Å². The normalized spacial score (nSPS) is 17.9. The molecule has 28 heavy (non-hydrogen) atoms. The third-order valence-corrected chi connectivity index (χ3v) is 5.25. The van der Waals surface area contributed by atoms with Crippen LogP contribution in [0.2, 0.25) is 0 Å². The second-order valence-electron chi connectivity index (χ2n) is 7.41. The molecular formula is C20H28FN5O2. The Labute approximate surface area is 164 Å². The molecule has 1 atom stereocenters. The number of aromatic amines is 1. The summed E-state index contributed by atoms with van der Waals surface area (Å²) in [6.45, 7) is 8.43. The van der Waals surface area contributed by atoms with Gasteiger partial charge in [0.15, 0.2) is 0 Å². The fourth-order valence-corrected chi connectivity index (χ4v) is 3.71. The van der Waals surface area contributed by atoms with Gasteiger partial charge in [-0.15, -0.1) is 0 Å². The molecule has 3 rings (SSSR count). The summed E-state index contributed by atoms with van der Waals surface area (Å²) in [5.41, 5.74) is 1.35. The number of imidazole rings is 1. The van der Waals surface area contributed by atoms with Gasteiger partial charge in [0, 0.05) is 38.6 Å². The maximum Gasteiger partial charge on any atom is 0.237 e. The van der Waals surface area contributed by atoms with E-state index in [0.29, 0.717) is 42.9 Å². The van der Waals surface area contributed by atoms with Crippen molar-refractivity contribution in [1.29, 1.82) is 0 Å². The highest BCUT2D eigenvalue weighted by atomic mass is 19.1. The van der Waals surface area contributed by atoms with Crippen molar-refractivity contribution in [2.75, 3.05) is 26.2 Å². The van der Waals surface area contributed by atoms with Crippen molar-refractivity contribution in [3.8, 4) is 0 Å². The molecule has 1 aliphatic rings. The number of hydrogen-bond donors (Lipinski definition) is 2. The number of amides is 2. The second-order valence-corrected chi connectivity index (χ2v) is 7.41. The smallest absolute Gasteiger partial charge is 0.237 e. The van der Waals surface area contributed by atoms with E-state index in [-0.39, 0.29) is 30.1 Å². The second kappa shape index (κ2) is 8.68. The van der Waals surface area contributed by atoms with Crippen LogP contribution in [0.15, 0.2) is 18.2 Å². The van der Waals surface area contributed by atoms with Gasteiger partial charge in [-0.2, -0.15) is 0 Å². The highest BCUT2D eigenvalue weighted by molar-refractivity contribution is 5.89. The third kappa shape index (κ3) is 4.49. The van der Waals surface area contributed by atoms with Gasteiger partial charge in [-0.05, 0) is 39.0 Å². The molecule has 1 aromatic heterocycles. The molecule has 0 bridgehead atoms. The first-order valence-corrected chi connectivity index (χ1v) is 9.84. The van der Waals surface area contributed by atoms with Crippen molar-refractivity contribution in [2.45, 2.75) is 45.7 Å². The molecular weight excluding hydrogens is 361 g/mol. The van der Waals surface area contributed by atoms with Crippen molar-refractivity contribution in [3.63, 3.8) is 0 Å². The van der Waals surface area contributed by atoms with Gasteiger partial charge < -0.3 is 15.2 Å². The number of fused-ring (bicyclic) bond motifs is 1. The Morgan fingerprint density at radius 3 is 2.93 bits per heavy atom. The maximum absolute atomic E-state index is 13.3. The number of rotatable bonds is 7. The quantitative estimate of drug-likeness (QED) is 0.755. The number of likely N-dealkylation sites (N-methyl/N-ethyl adjacent to an activating group) is 1. The molecule has 1 fully saturated rings. The Balaban J connectivity index is 1.63. The van der Waals surface area contributed by atoms with Crippen LogP contribution in [0.4, 0.5) is 4.39 Å². The summed E-state index contributed by atoms with van der Waals surface area (Å²) in [7, 11) is 0. The van der Waals surface area contributed by atoms with Crippen LogP contribution < -0.4 is 5.32 Å². The number of nitrogens with zero attached hydrogens (tertiary/aromatic N) is 3. The van der Waals surface area contributed by atoms with Crippen LogP contribution in [0.3, 0.4) is 0 Å². The van der Waals surface area contributed by atoms with Crippen LogP contribution in [0, 0.1) is 5.82 Å². The summed E-state index contributed by atoms with van der Waals surface area (Å²) in [6.07, 6.45) is 0.712. The first kappa shape index (κ1) is 20.3. The fourth-order valence-electron chi connectivity index (χ4n) is 3.71. The van der Waals surface area contributed by atoms with Crippen LogP contribution in [0.5, 0.6) is 0 Å². The molecule has 1 saturated heterocycles. The minimum absolute atomic E-state index is 0.0441. The number of hydrogen-bond acceptors (Lipinski definition) is 4. The van der Waals surface area contributed by atoms with E-state index in [2.05, 4.69) is 20.2 Å². The topological polar surface area (TPSA) is 81.3 Å². The van der Waals surface area contributed by atoms with Gasteiger partial charge in [-0.1, -0.05) is 0 Å². The largest absolute Gasteiger partial charge is 0.353 e. The van der Waals surface area contributed by atoms with Crippen molar-refractivity contribution < 1.29 is 14.0 Å². The van der Waals surface area contributed by atoms with Gasteiger partial charge in [0.25, 0.3) is 0 Å². The van der Waals surface area contributed by atoms with E-state index in [1.165, 1.54) is 12.1 Å². The maximum atomic E-state index is 13.3. The Bertz CT molecular complexity index is 850. The van der Waals surface area contributed by atoms with E-state index in [1.807, 2.05) is 20.8 Å². The lowest BCUT2D eigenvalue weighted by atomic mass is 10.1. The molecule has 1 unspecified atom stereocenters. The molecule has 152 valence electrons. The standard InChI is InChI=1S/C20H28FN5O2/c1-4-25(9-7-18-23-15-6-5-14(21)11-16(15)24-18)19(27)12-17-20(28)22-8-10-26(17)13(2)3/h5-6,11,13,17H,4,7-10,12H2,1-3H3,(H,22,28)(H,23,24). The molecule has 8 heteroatoms. The van der Waals surface area contributed by atoms with Crippen molar-refractivity contribution in [1.82, 2.24) is 25.1 Å². The zero-order valence-electron chi connectivity index (χ0n) is 16.7. The molecule has 7 nitrogen and oxygen atoms in total. The molecule has 2 amide bonds. The lowest BCUT2D eigenvalue weighted by molar-refractivity contribution is -0.139. The van der Waals surface area contributed by atoms with Gasteiger partial charge in [0.2, 0.25) is 11.8 Å². The highest BCUT2D eigenvalue weighted by Gasteiger charge is 2.33. The van der Waals surface area contributed by atoms with E-state index < -0.39 is 6.04 Å². The molecule has 0 spiro atoms. The number of aromatic nitrogens is 2. The predicted molar refractivity (Wildman–Crippen MR) is 105 cm³/mol. The number of H-pyrrole nitrogens is 1. The van der Waals surface area contributed by atoms with Gasteiger partial charge >= 0.3 is 0 Å². The summed E-state index contributed by atoms with van der Waals surface area (Å²) >= 11 is 0. The number of halogens is 1. The first-order chi connectivity index (χ1) is 13.4. The number of carbonyl (C=O) groups excluding carboxylic acids is 2. The van der Waals surface area contributed by atoms with Crippen LogP contribution in [0.25, 0.3) is 11.0 Å². The van der Waals surface area contributed by atoms with Crippen LogP contribution in [-0.4, -0.2) is 69.8 Å². The van der Waals surface area contributed by atoms with Crippen molar-refractivity contribution in [2.24, 2.45) is 0 Å².